The maximum atomic E-state index is 12.0. The van der Waals surface area contributed by atoms with Gasteiger partial charge >= 0.3 is 6.18 Å². The second kappa shape index (κ2) is 4.61. The monoisotopic (exact) mass is 228 g/mol. The Labute approximate surface area is 73.2 Å². The number of alkyl halides is 8. The molecule has 0 heterocycles. The maximum absolute atomic E-state index is 12.0. The summed E-state index contributed by atoms with van der Waals surface area (Å²) in [5, 5.41) is 0. The first-order valence-corrected chi connectivity index (χ1v) is 3.15. The number of hydrogen-bond acceptors (Lipinski definition) is 0. The third-order valence-electron chi connectivity index (χ3n) is 1.14. The fraction of sp³-hybridized carbons (Fsp3) is 0.667. The van der Waals surface area contributed by atoms with Crippen LogP contribution >= 0.6 is 0 Å². The van der Waals surface area contributed by atoms with Gasteiger partial charge in [0.05, 0.1) is 5.57 Å². The molecule has 0 fully saturated rings. The number of hydrogen-bond donors (Lipinski definition) is 0. The summed E-state index contributed by atoms with van der Waals surface area (Å²) >= 11 is 0. The lowest BCUT2D eigenvalue weighted by molar-refractivity contribution is -0.110. The fourth-order valence-corrected chi connectivity index (χ4v) is 0.535. The van der Waals surface area contributed by atoms with Crippen LogP contribution in [0.25, 0.3) is 0 Å². The quantitative estimate of drug-likeness (QED) is 0.513. The summed E-state index contributed by atoms with van der Waals surface area (Å²) in [6, 6.07) is 0. The van der Waals surface area contributed by atoms with Crippen LogP contribution in [0.1, 0.15) is 0 Å². The third kappa shape index (κ3) is 3.93. The second-order valence-corrected chi connectivity index (χ2v) is 2.20. The lowest BCUT2D eigenvalue weighted by atomic mass is 10.2. The van der Waals surface area contributed by atoms with E-state index < -0.39 is 36.8 Å². The summed E-state index contributed by atoms with van der Waals surface area (Å²) < 4.78 is 93.0. The molecule has 1 atom stereocenters. The van der Waals surface area contributed by atoms with Crippen LogP contribution in [-0.2, 0) is 0 Å². The molecule has 8 heteroatoms. The maximum Gasteiger partial charge on any atom is 0.417 e. The summed E-state index contributed by atoms with van der Waals surface area (Å²) in [6.07, 6.45) is -17.5. The van der Waals surface area contributed by atoms with Crippen LogP contribution in [0.4, 0.5) is 35.1 Å². The van der Waals surface area contributed by atoms with Gasteiger partial charge in [-0.15, -0.1) is 0 Å². The molecule has 84 valence electrons. The Morgan fingerprint density at radius 2 is 1.36 bits per heavy atom. The molecule has 0 amide bonds. The molecule has 1 unspecified atom stereocenters. The van der Waals surface area contributed by atoms with Gasteiger partial charge in [0, 0.05) is 0 Å². The highest BCUT2D eigenvalue weighted by molar-refractivity contribution is 5.14. The first-order chi connectivity index (χ1) is 6.16. The lowest BCUT2D eigenvalue weighted by Gasteiger charge is -2.11. The fourth-order valence-electron chi connectivity index (χ4n) is 0.535. The van der Waals surface area contributed by atoms with Crippen molar-refractivity contribution in [1.29, 1.82) is 0 Å². The largest absolute Gasteiger partial charge is 0.417 e. The Kier molecular flexibility index (Phi) is 4.34. The molecule has 0 aromatic rings. The van der Waals surface area contributed by atoms with E-state index in [-0.39, 0.29) is 0 Å². The summed E-state index contributed by atoms with van der Waals surface area (Å²) in [5.74, 6) is 0. The van der Waals surface area contributed by atoms with Crippen molar-refractivity contribution < 1.29 is 35.1 Å². The molecule has 0 saturated carbocycles. The van der Waals surface area contributed by atoms with E-state index in [0.717, 1.165) is 0 Å². The Balaban J connectivity index is 4.84. The molecular formula is C6H4F8. The average molecular weight is 228 g/mol. The number of allylic oxidation sites excluding steroid dienone is 2. The number of halogens is 8. The molecule has 0 N–H and O–H groups in total. The van der Waals surface area contributed by atoms with Gasteiger partial charge in [-0.3, -0.25) is 0 Å². The van der Waals surface area contributed by atoms with E-state index in [9.17, 15) is 35.1 Å². The van der Waals surface area contributed by atoms with Gasteiger partial charge in [-0.2, -0.15) is 13.2 Å². The zero-order valence-corrected chi connectivity index (χ0v) is 6.33. The van der Waals surface area contributed by atoms with Crippen LogP contribution in [0.2, 0.25) is 0 Å². The van der Waals surface area contributed by atoms with E-state index in [1.165, 1.54) is 0 Å². The Morgan fingerprint density at radius 3 is 1.57 bits per heavy atom. The van der Waals surface area contributed by atoms with Gasteiger partial charge in [0.1, 0.15) is 0 Å². The van der Waals surface area contributed by atoms with Gasteiger partial charge in [-0.25, -0.2) is 22.0 Å². The smallest absolute Gasteiger partial charge is 0.237 e. The van der Waals surface area contributed by atoms with Crippen LogP contribution in [0.15, 0.2) is 11.6 Å². The van der Waals surface area contributed by atoms with Crippen molar-refractivity contribution in [1.82, 2.24) is 0 Å². The molecule has 0 aliphatic rings. The summed E-state index contributed by atoms with van der Waals surface area (Å²) in [5.41, 5.74) is -2.59. The molecule has 0 aliphatic heterocycles. The standard InChI is InChI=1S/C6H4F8/c7-3(5(10)11)1-2(4(8)9)6(12,13)14/h1,3-5H. The minimum Gasteiger partial charge on any atom is -0.237 e. The van der Waals surface area contributed by atoms with Gasteiger partial charge in [-0.05, 0) is 6.08 Å². The number of rotatable bonds is 3. The molecule has 14 heavy (non-hydrogen) atoms. The Bertz CT molecular complexity index is 202. The highest BCUT2D eigenvalue weighted by Crippen LogP contribution is 2.31. The van der Waals surface area contributed by atoms with Crippen molar-refractivity contribution in [2.75, 3.05) is 0 Å². The van der Waals surface area contributed by atoms with E-state index >= 15 is 0 Å². The predicted molar refractivity (Wildman–Crippen MR) is 31.0 cm³/mol. The Hall–Kier alpha value is -0.820. The van der Waals surface area contributed by atoms with Gasteiger partial charge in [0.2, 0.25) is 0 Å². The molecule has 0 saturated heterocycles. The molecular weight excluding hydrogens is 224 g/mol. The van der Waals surface area contributed by atoms with E-state index in [0.29, 0.717) is 0 Å². The minimum absolute atomic E-state index is 0.810. The van der Waals surface area contributed by atoms with Gasteiger partial charge in [0.25, 0.3) is 12.9 Å². The van der Waals surface area contributed by atoms with Crippen LogP contribution < -0.4 is 0 Å². The average Bonchev–Trinajstić information content (AvgIpc) is 1.96. The molecule has 0 bridgehead atoms. The lowest BCUT2D eigenvalue weighted by Crippen LogP contribution is -2.21. The normalized spacial score (nSPS) is 16.6. The zero-order chi connectivity index (χ0) is 11.5. The summed E-state index contributed by atoms with van der Waals surface area (Å²) in [7, 11) is 0. The highest BCUT2D eigenvalue weighted by Gasteiger charge is 2.40. The van der Waals surface area contributed by atoms with Crippen LogP contribution in [-0.4, -0.2) is 25.2 Å². The molecule has 0 aromatic carbocycles. The van der Waals surface area contributed by atoms with Crippen molar-refractivity contribution in [3.05, 3.63) is 11.6 Å². The zero-order valence-electron chi connectivity index (χ0n) is 6.33. The van der Waals surface area contributed by atoms with Crippen molar-refractivity contribution in [3.8, 4) is 0 Å². The van der Waals surface area contributed by atoms with E-state index in [4.69, 9.17) is 0 Å². The molecule has 0 nitrogen and oxygen atoms in total. The summed E-state index contributed by atoms with van der Waals surface area (Å²) in [4.78, 5) is 0. The van der Waals surface area contributed by atoms with Gasteiger partial charge in [0.15, 0.2) is 6.17 Å². The minimum atomic E-state index is -5.51. The van der Waals surface area contributed by atoms with Gasteiger partial charge < -0.3 is 0 Å². The van der Waals surface area contributed by atoms with E-state index in [2.05, 4.69) is 0 Å². The SMILES string of the molecule is FC(F)C(=CC(F)C(F)F)C(F)(F)F. The van der Waals surface area contributed by atoms with Crippen molar-refractivity contribution in [2.24, 2.45) is 0 Å². The van der Waals surface area contributed by atoms with Crippen LogP contribution in [0, 0.1) is 0 Å². The predicted octanol–water partition coefficient (Wildman–Crippen LogP) is 3.34. The first kappa shape index (κ1) is 13.2. The first-order valence-electron chi connectivity index (χ1n) is 3.15. The molecule has 0 radical (unpaired) electrons. The molecule has 0 rings (SSSR count). The van der Waals surface area contributed by atoms with Gasteiger partial charge in [-0.1, -0.05) is 0 Å². The van der Waals surface area contributed by atoms with Crippen molar-refractivity contribution in [3.63, 3.8) is 0 Å². The van der Waals surface area contributed by atoms with Crippen molar-refractivity contribution >= 4 is 0 Å². The topological polar surface area (TPSA) is 0 Å². The molecule has 0 spiro atoms. The molecule has 0 aromatic heterocycles. The Morgan fingerprint density at radius 1 is 0.929 bits per heavy atom. The second-order valence-electron chi connectivity index (χ2n) is 2.20. The van der Waals surface area contributed by atoms with E-state index in [1.54, 1.807) is 0 Å². The van der Waals surface area contributed by atoms with Crippen LogP contribution in [0.3, 0.4) is 0 Å². The van der Waals surface area contributed by atoms with Crippen molar-refractivity contribution in [2.45, 2.75) is 25.2 Å². The third-order valence-corrected chi connectivity index (χ3v) is 1.14. The van der Waals surface area contributed by atoms with E-state index in [1.807, 2.05) is 0 Å². The molecule has 0 aliphatic carbocycles. The summed E-state index contributed by atoms with van der Waals surface area (Å²) in [6.45, 7) is 0. The highest BCUT2D eigenvalue weighted by atomic mass is 19.4. The van der Waals surface area contributed by atoms with Crippen LogP contribution in [0.5, 0.6) is 0 Å².